The Hall–Kier alpha value is -3.83. The summed E-state index contributed by atoms with van der Waals surface area (Å²) in [6.07, 6.45) is -8.71. The number of benzene rings is 1. The number of aromatic nitrogens is 4. The van der Waals surface area contributed by atoms with Gasteiger partial charge in [-0.2, -0.15) is 36.1 Å². The van der Waals surface area contributed by atoms with Crippen molar-refractivity contribution in [2.24, 2.45) is 0 Å². The lowest BCUT2D eigenvalue weighted by Crippen LogP contribution is -2.14. The summed E-state index contributed by atoms with van der Waals surface area (Å²) in [5.41, 5.74) is 3.38. The van der Waals surface area contributed by atoms with E-state index in [1.165, 1.54) is 19.4 Å². The summed E-state index contributed by atoms with van der Waals surface area (Å²) >= 11 is 0. The topological polar surface area (TPSA) is 78.8 Å². The Labute approximate surface area is 176 Å². The maximum atomic E-state index is 13.3. The molecule has 0 aliphatic carbocycles. The first-order valence-electron chi connectivity index (χ1n) is 8.93. The molecule has 0 atom stereocenters. The van der Waals surface area contributed by atoms with Crippen molar-refractivity contribution in [1.29, 1.82) is 0 Å². The van der Waals surface area contributed by atoms with Crippen LogP contribution in [0.4, 0.5) is 32.2 Å². The summed E-state index contributed by atoms with van der Waals surface area (Å²) in [4.78, 5) is 7.17. The van der Waals surface area contributed by atoms with Crippen LogP contribution in [0.25, 0.3) is 28.0 Å². The molecule has 0 radical (unpaired) electrons. The molecule has 6 nitrogen and oxygen atoms in total. The van der Waals surface area contributed by atoms with Crippen LogP contribution in [0, 0.1) is 0 Å². The Morgan fingerprint density at radius 2 is 1.59 bits per heavy atom. The molecule has 0 spiro atoms. The molecule has 32 heavy (non-hydrogen) atoms. The molecular formula is C20H13F6N5O. The molecule has 4 rings (SSSR count). The van der Waals surface area contributed by atoms with Crippen LogP contribution in [-0.2, 0) is 12.4 Å². The van der Waals surface area contributed by atoms with E-state index in [1.807, 2.05) is 0 Å². The molecule has 0 aliphatic rings. The number of hydrogen-bond donors (Lipinski definition) is 1. The van der Waals surface area contributed by atoms with Crippen LogP contribution >= 0.6 is 0 Å². The maximum Gasteiger partial charge on any atom is 0.433 e. The standard InChI is InChI=1S/C20H13F6N5O/c1-32-11-4-2-10(3-5-11)13-9-28-31(17(13)27)16-7-6-12-14(19(21,22)23)8-15(20(24,25)26)29-18(12)30-16/h2-9H,27H2,1H3. The highest BCUT2D eigenvalue weighted by Gasteiger charge is 2.39. The fourth-order valence-electron chi connectivity index (χ4n) is 3.13. The smallest absolute Gasteiger partial charge is 0.433 e. The molecule has 3 aromatic heterocycles. The van der Waals surface area contributed by atoms with Crippen LogP contribution in [0.5, 0.6) is 5.75 Å². The minimum atomic E-state index is -5.09. The molecule has 12 heteroatoms. The van der Waals surface area contributed by atoms with Gasteiger partial charge >= 0.3 is 12.4 Å². The second-order valence-corrected chi connectivity index (χ2v) is 6.67. The van der Waals surface area contributed by atoms with Crippen LogP contribution in [0.1, 0.15) is 11.3 Å². The average molecular weight is 453 g/mol. The number of nitrogen functional groups attached to an aromatic ring is 1. The summed E-state index contributed by atoms with van der Waals surface area (Å²) < 4.78 is 85.6. The predicted molar refractivity (Wildman–Crippen MR) is 103 cm³/mol. The Morgan fingerprint density at radius 1 is 0.906 bits per heavy atom. The summed E-state index contributed by atoms with van der Waals surface area (Å²) in [6, 6.07) is 8.96. The zero-order valence-electron chi connectivity index (χ0n) is 16.2. The normalized spacial score (nSPS) is 12.3. The molecule has 0 fully saturated rings. The number of anilines is 1. The number of alkyl halides is 6. The number of pyridine rings is 2. The van der Waals surface area contributed by atoms with E-state index in [2.05, 4.69) is 15.1 Å². The van der Waals surface area contributed by atoms with E-state index in [1.54, 1.807) is 24.3 Å². The van der Waals surface area contributed by atoms with Crippen LogP contribution in [0.3, 0.4) is 0 Å². The highest BCUT2D eigenvalue weighted by atomic mass is 19.4. The number of fused-ring (bicyclic) bond motifs is 1. The SMILES string of the molecule is COc1ccc(-c2cnn(-c3ccc4c(C(F)(F)F)cc(C(F)(F)F)nc4n3)c2N)cc1. The molecule has 166 valence electrons. The van der Waals surface area contributed by atoms with Crippen molar-refractivity contribution < 1.29 is 31.1 Å². The van der Waals surface area contributed by atoms with Crippen molar-refractivity contribution in [3.63, 3.8) is 0 Å². The van der Waals surface area contributed by atoms with Crippen molar-refractivity contribution in [1.82, 2.24) is 19.7 Å². The van der Waals surface area contributed by atoms with E-state index in [-0.39, 0.29) is 17.7 Å². The van der Waals surface area contributed by atoms with E-state index in [0.717, 1.165) is 10.7 Å². The van der Waals surface area contributed by atoms with E-state index in [4.69, 9.17) is 10.5 Å². The Bertz CT molecular complexity index is 1300. The fourth-order valence-corrected chi connectivity index (χ4v) is 3.13. The largest absolute Gasteiger partial charge is 0.497 e. The first kappa shape index (κ1) is 21.4. The molecule has 0 saturated heterocycles. The second-order valence-electron chi connectivity index (χ2n) is 6.67. The Kier molecular flexibility index (Phi) is 4.94. The van der Waals surface area contributed by atoms with Crippen molar-refractivity contribution in [3.8, 4) is 22.7 Å². The number of nitrogens with two attached hydrogens (primary N) is 1. The molecule has 1 aromatic carbocycles. The third kappa shape index (κ3) is 3.79. The minimum absolute atomic E-state index is 0.0340. The number of halogens is 6. The lowest BCUT2D eigenvalue weighted by atomic mass is 10.1. The molecule has 0 amide bonds. The van der Waals surface area contributed by atoms with Gasteiger partial charge in [0.15, 0.2) is 11.5 Å². The maximum absolute atomic E-state index is 13.3. The average Bonchev–Trinajstić information content (AvgIpc) is 3.12. The number of methoxy groups -OCH3 is 1. The van der Waals surface area contributed by atoms with Gasteiger partial charge in [0.2, 0.25) is 0 Å². The van der Waals surface area contributed by atoms with Gasteiger partial charge in [-0.25, -0.2) is 9.97 Å². The van der Waals surface area contributed by atoms with Gasteiger partial charge in [-0.3, -0.25) is 0 Å². The fraction of sp³-hybridized carbons (Fsp3) is 0.150. The van der Waals surface area contributed by atoms with Crippen molar-refractivity contribution in [2.75, 3.05) is 12.8 Å². The molecule has 2 N–H and O–H groups in total. The minimum Gasteiger partial charge on any atom is -0.497 e. The molecule has 0 bridgehead atoms. The molecule has 0 aliphatic heterocycles. The molecule has 4 aromatic rings. The Morgan fingerprint density at radius 3 is 2.19 bits per heavy atom. The predicted octanol–water partition coefficient (Wildman–Crippen LogP) is 5.11. The van der Waals surface area contributed by atoms with Crippen LogP contribution < -0.4 is 10.5 Å². The van der Waals surface area contributed by atoms with E-state index in [9.17, 15) is 26.3 Å². The highest BCUT2D eigenvalue weighted by molar-refractivity contribution is 5.81. The highest BCUT2D eigenvalue weighted by Crippen LogP contribution is 2.38. The Balaban J connectivity index is 1.84. The third-order valence-corrected chi connectivity index (χ3v) is 4.68. The van der Waals surface area contributed by atoms with Gasteiger partial charge in [0.1, 0.15) is 17.3 Å². The van der Waals surface area contributed by atoms with Crippen molar-refractivity contribution in [2.45, 2.75) is 12.4 Å². The van der Waals surface area contributed by atoms with E-state index in [0.29, 0.717) is 16.9 Å². The first-order chi connectivity index (χ1) is 15.0. The van der Waals surface area contributed by atoms with Crippen LogP contribution in [0.2, 0.25) is 0 Å². The molecular weight excluding hydrogens is 440 g/mol. The first-order valence-corrected chi connectivity index (χ1v) is 8.93. The molecule has 0 unspecified atom stereocenters. The van der Waals surface area contributed by atoms with E-state index < -0.39 is 34.6 Å². The summed E-state index contributed by atoms with van der Waals surface area (Å²) in [7, 11) is 1.51. The van der Waals surface area contributed by atoms with E-state index >= 15 is 0 Å². The van der Waals surface area contributed by atoms with Crippen LogP contribution in [0.15, 0.2) is 48.7 Å². The van der Waals surface area contributed by atoms with Gasteiger partial charge in [-0.05, 0) is 35.9 Å². The summed E-state index contributed by atoms with van der Waals surface area (Å²) in [6.45, 7) is 0. The zero-order chi connectivity index (χ0) is 23.3. The summed E-state index contributed by atoms with van der Waals surface area (Å²) in [5.74, 6) is 0.614. The number of rotatable bonds is 3. The number of hydrogen-bond acceptors (Lipinski definition) is 5. The zero-order valence-corrected chi connectivity index (χ0v) is 16.2. The van der Waals surface area contributed by atoms with Gasteiger partial charge in [0.25, 0.3) is 0 Å². The summed E-state index contributed by atoms with van der Waals surface area (Å²) in [5, 5.41) is 3.51. The quantitative estimate of drug-likeness (QED) is 0.436. The van der Waals surface area contributed by atoms with Gasteiger partial charge in [-0.1, -0.05) is 12.1 Å². The van der Waals surface area contributed by atoms with Gasteiger partial charge < -0.3 is 10.5 Å². The second kappa shape index (κ2) is 7.39. The number of nitrogens with zero attached hydrogens (tertiary/aromatic N) is 4. The van der Waals surface area contributed by atoms with Gasteiger partial charge in [-0.15, -0.1) is 0 Å². The number of ether oxygens (including phenoxy) is 1. The van der Waals surface area contributed by atoms with Crippen molar-refractivity contribution in [3.05, 3.63) is 59.9 Å². The van der Waals surface area contributed by atoms with Gasteiger partial charge in [0, 0.05) is 10.9 Å². The van der Waals surface area contributed by atoms with Gasteiger partial charge in [0.05, 0.1) is 18.9 Å². The molecule has 0 saturated carbocycles. The van der Waals surface area contributed by atoms with Crippen molar-refractivity contribution >= 4 is 16.9 Å². The third-order valence-electron chi connectivity index (χ3n) is 4.68. The van der Waals surface area contributed by atoms with Crippen LogP contribution in [-0.4, -0.2) is 26.9 Å². The monoisotopic (exact) mass is 453 g/mol. The lowest BCUT2D eigenvalue weighted by molar-refractivity contribution is -0.144. The molecule has 3 heterocycles. The lowest BCUT2D eigenvalue weighted by Gasteiger charge is -2.14.